The lowest BCUT2D eigenvalue weighted by molar-refractivity contribution is -0.161. The molecule has 0 aromatic heterocycles. The number of carbonyl (C=O) groups is 2. The van der Waals surface area contributed by atoms with Crippen LogP contribution in [0.1, 0.15) is 206 Å². The molecule has 0 spiro atoms. The molecule has 0 aliphatic rings. The van der Waals surface area contributed by atoms with Crippen molar-refractivity contribution in [3.63, 3.8) is 0 Å². The normalized spacial score (nSPS) is 14.1. The molecule has 0 rings (SSSR count). The van der Waals surface area contributed by atoms with E-state index in [1.165, 1.54) is 128 Å². The van der Waals surface area contributed by atoms with Crippen molar-refractivity contribution in [2.45, 2.75) is 219 Å². The molecule has 10 nitrogen and oxygen atoms in total. The zero-order valence-corrected chi connectivity index (χ0v) is 36.0. The second-order valence-electron chi connectivity index (χ2n) is 15.1. The largest absolute Gasteiger partial charge is 0.472 e. The van der Waals surface area contributed by atoms with Gasteiger partial charge in [-0.2, -0.15) is 0 Å². The average molecular weight is 803 g/mol. The van der Waals surface area contributed by atoms with Gasteiger partial charge in [-0.1, -0.05) is 179 Å². The molecule has 0 saturated heterocycles. The van der Waals surface area contributed by atoms with Gasteiger partial charge in [0.1, 0.15) is 12.7 Å². The third-order valence-corrected chi connectivity index (χ3v) is 10.6. The van der Waals surface area contributed by atoms with E-state index in [-0.39, 0.29) is 19.4 Å². The second kappa shape index (κ2) is 40.6. The van der Waals surface area contributed by atoms with E-state index in [0.29, 0.717) is 19.3 Å². The molecule has 0 heterocycles. The molecule has 0 bridgehead atoms. The summed E-state index contributed by atoms with van der Waals surface area (Å²) in [7, 11) is -4.62. The lowest BCUT2D eigenvalue weighted by Crippen LogP contribution is -2.29. The molecule has 0 saturated carbocycles. The van der Waals surface area contributed by atoms with E-state index in [4.69, 9.17) is 19.1 Å². The Labute approximate surface area is 336 Å². The fourth-order valence-electron chi connectivity index (χ4n) is 6.15. The standard InChI is InChI=1S/C44H83O10P/c1-3-5-7-9-11-13-15-17-19-20-22-24-26-28-30-32-34-36-44(48)54-42(40-53-55(49,50)52-38-41(46)37-45)39-51-43(47)35-33-31-29-27-25-23-21-18-16-14-12-10-8-6-4-2/h22,24,28,30,41-42,45-46H,3-21,23,25-27,29,31-40H2,1-2H3,(H,49,50)/b24-22+,30-28+/t41-,42+/m0/s1. The van der Waals surface area contributed by atoms with Gasteiger partial charge < -0.3 is 24.6 Å². The zero-order chi connectivity index (χ0) is 40.5. The highest BCUT2D eigenvalue weighted by molar-refractivity contribution is 7.47. The number of phosphoric acid groups is 1. The molecule has 1 unspecified atom stereocenters. The quantitative estimate of drug-likeness (QED) is 0.0236. The first-order chi connectivity index (χ1) is 26.7. The van der Waals surface area contributed by atoms with Crippen LogP contribution in [-0.4, -0.2) is 65.7 Å². The summed E-state index contributed by atoms with van der Waals surface area (Å²) in [6.45, 7) is 2.36. The van der Waals surface area contributed by atoms with E-state index in [1.807, 2.05) is 6.08 Å². The minimum Gasteiger partial charge on any atom is -0.462 e. The van der Waals surface area contributed by atoms with Gasteiger partial charge in [-0.15, -0.1) is 0 Å². The average Bonchev–Trinajstić information content (AvgIpc) is 3.17. The van der Waals surface area contributed by atoms with Gasteiger partial charge in [-0.25, -0.2) is 4.57 Å². The van der Waals surface area contributed by atoms with Gasteiger partial charge in [-0.05, 0) is 38.5 Å². The molecular formula is C44H83O10P. The molecule has 0 aromatic carbocycles. The molecule has 0 aliphatic heterocycles. The van der Waals surface area contributed by atoms with Crippen LogP contribution in [0, 0.1) is 0 Å². The third-order valence-electron chi connectivity index (χ3n) is 9.61. The summed E-state index contributed by atoms with van der Waals surface area (Å²) in [6.07, 6.45) is 40.1. The summed E-state index contributed by atoms with van der Waals surface area (Å²) < 4.78 is 32.7. The highest BCUT2D eigenvalue weighted by atomic mass is 31.2. The van der Waals surface area contributed by atoms with Crippen molar-refractivity contribution in [1.82, 2.24) is 0 Å². The summed E-state index contributed by atoms with van der Waals surface area (Å²) in [5, 5.41) is 18.3. The molecule has 3 N–H and O–H groups in total. The smallest absolute Gasteiger partial charge is 0.462 e. The van der Waals surface area contributed by atoms with Crippen molar-refractivity contribution in [2.75, 3.05) is 26.4 Å². The van der Waals surface area contributed by atoms with Crippen molar-refractivity contribution in [2.24, 2.45) is 0 Å². The Morgan fingerprint density at radius 3 is 1.45 bits per heavy atom. The Kier molecular flexibility index (Phi) is 39.5. The first kappa shape index (κ1) is 53.5. The molecule has 0 aliphatic carbocycles. The van der Waals surface area contributed by atoms with Crippen LogP contribution in [0.3, 0.4) is 0 Å². The molecule has 0 amide bonds. The number of allylic oxidation sites excluding steroid dienone is 4. The number of rotatable bonds is 42. The maximum Gasteiger partial charge on any atom is 0.472 e. The fourth-order valence-corrected chi connectivity index (χ4v) is 6.94. The Morgan fingerprint density at radius 1 is 0.545 bits per heavy atom. The topological polar surface area (TPSA) is 149 Å². The van der Waals surface area contributed by atoms with E-state index in [1.54, 1.807) is 0 Å². The lowest BCUT2D eigenvalue weighted by Gasteiger charge is -2.20. The summed E-state index contributed by atoms with van der Waals surface area (Å²) >= 11 is 0. The minimum absolute atomic E-state index is 0.123. The number of hydrogen-bond donors (Lipinski definition) is 3. The summed E-state index contributed by atoms with van der Waals surface area (Å²) in [6, 6.07) is 0. The highest BCUT2D eigenvalue weighted by Gasteiger charge is 2.27. The van der Waals surface area contributed by atoms with E-state index >= 15 is 0 Å². The molecule has 11 heteroatoms. The maximum absolute atomic E-state index is 12.6. The Morgan fingerprint density at radius 2 is 0.964 bits per heavy atom. The molecule has 55 heavy (non-hydrogen) atoms. The van der Waals surface area contributed by atoms with Gasteiger partial charge in [-0.3, -0.25) is 18.6 Å². The van der Waals surface area contributed by atoms with Gasteiger partial charge in [0, 0.05) is 12.8 Å². The molecule has 3 atom stereocenters. The van der Waals surface area contributed by atoms with Crippen molar-refractivity contribution in [1.29, 1.82) is 0 Å². The molecule has 0 aromatic rings. The number of carbonyl (C=O) groups excluding carboxylic acids is 2. The third kappa shape index (κ3) is 40.4. The Bertz CT molecular complexity index is 972. The van der Waals surface area contributed by atoms with Gasteiger partial charge in [0.15, 0.2) is 6.10 Å². The minimum atomic E-state index is -4.62. The zero-order valence-electron chi connectivity index (χ0n) is 35.2. The molecule has 324 valence electrons. The second-order valence-corrected chi connectivity index (χ2v) is 16.5. The van der Waals surface area contributed by atoms with Gasteiger partial charge in [0.05, 0.1) is 19.8 Å². The Balaban J connectivity index is 4.33. The number of ether oxygens (including phenoxy) is 2. The van der Waals surface area contributed by atoms with Crippen molar-refractivity contribution < 1.29 is 47.8 Å². The van der Waals surface area contributed by atoms with Crippen LogP contribution in [0.25, 0.3) is 0 Å². The highest BCUT2D eigenvalue weighted by Crippen LogP contribution is 2.43. The van der Waals surface area contributed by atoms with E-state index < -0.39 is 51.8 Å². The summed E-state index contributed by atoms with van der Waals surface area (Å²) in [5.74, 6) is -0.969. The first-order valence-corrected chi connectivity index (χ1v) is 23.8. The van der Waals surface area contributed by atoms with Gasteiger partial charge >= 0.3 is 19.8 Å². The predicted octanol–water partition coefficient (Wildman–Crippen LogP) is 11.8. The number of aliphatic hydroxyl groups excluding tert-OH is 2. The van der Waals surface area contributed by atoms with Crippen LogP contribution >= 0.6 is 7.82 Å². The number of phosphoric ester groups is 1. The van der Waals surface area contributed by atoms with Gasteiger partial charge in [0.2, 0.25) is 0 Å². The van der Waals surface area contributed by atoms with Crippen molar-refractivity contribution >= 4 is 19.8 Å². The number of hydrogen-bond acceptors (Lipinski definition) is 9. The van der Waals surface area contributed by atoms with Crippen molar-refractivity contribution in [3.8, 4) is 0 Å². The van der Waals surface area contributed by atoms with Crippen LogP contribution in [0.4, 0.5) is 0 Å². The monoisotopic (exact) mass is 803 g/mol. The van der Waals surface area contributed by atoms with Crippen LogP contribution in [0.2, 0.25) is 0 Å². The van der Waals surface area contributed by atoms with Crippen molar-refractivity contribution in [3.05, 3.63) is 24.3 Å². The van der Waals surface area contributed by atoms with E-state index in [0.717, 1.165) is 32.1 Å². The van der Waals surface area contributed by atoms with E-state index in [9.17, 15) is 24.2 Å². The first-order valence-electron chi connectivity index (χ1n) is 22.3. The van der Waals surface area contributed by atoms with Gasteiger partial charge in [0.25, 0.3) is 0 Å². The van der Waals surface area contributed by atoms with Crippen LogP contribution in [0.15, 0.2) is 24.3 Å². The Hall–Kier alpha value is -1.55. The summed E-state index contributed by atoms with van der Waals surface area (Å²) in [5.41, 5.74) is 0. The van der Waals surface area contributed by atoms with E-state index in [2.05, 4.69) is 36.6 Å². The molecular weight excluding hydrogens is 719 g/mol. The fraction of sp³-hybridized carbons (Fsp3) is 0.864. The molecule has 0 fully saturated rings. The lowest BCUT2D eigenvalue weighted by atomic mass is 10.0. The number of esters is 2. The number of aliphatic hydroxyl groups is 2. The summed E-state index contributed by atoms with van der Waals surface area (Å²) in [4.78, 5) is 35.0. The molecule has 0 radical (unpaired) electrons. The maximum atomic E-state index is 12.6. The van der Waals surface area contributed by atoms with Crippen LogP contribution < -0.4 is 0 Å². The van der Waals surface area contributed by atoms with Crippen LogP contribution in [-0.2, 0) is 32.7 Å². The predicted molar refractivity (Wildman–Crippen MR) is 224 cm³/mol. The van der Waals surface area contributed by atoms with Crippen LogP contribution in [0.5, 0.6) is 0 Å². The number of unbranched alkanes of at least 4 members (excludes halogenated alkanes) is 24. The SMILES string of the molecule is CCCCCCCCCCC/C=C/C/C=C/CCCC(=O)O[C@H](COC(=O)CCCCCCCCCCCCCCCCC)COP(=O)(O)OC[C@@H](O)CO.